The van der Waals surface area contributed by atoms with Crippen LogP contribution < -0.4 is 19.7 Å². The summed E-state index contributed by atoms with van der Waals surface area (Å²) in [6.45, 7) is 5.74. The Balaban J connectivity index is 1.23. The average Bonchev–Trinajstić information content (AvgIpc) is 3.39. The molecule has 8 heteroatoms. The summed E-state index contributed by atoms with van der Waals surface area (Å²) in [4.78, 5) is 14.8. The van der Waals surface area contributed by atoms with E-state index in [9.17, 15) is 4.39 Å². The Morgan fingerprint density at radius 1 is 0.975 bits per heavy atom. The summed E-state index contributed by atoms with van der Waals surface area (Å²) in [6, 6.07) is 9.39. The molecule has 2 fully saturated rings. The van der Waals surface area contributed by atoms with Crippen molar-refractivity contribution in [3.05, 3.63) is 47.4 Å². The van der Waals surface area contributed by atoms with E-state index in [0.717, 1.165) is 81.3 Å². The van der Waals surface area contributed by atoms with Crippen LogP contribution in [0.4, 0.5) is 15.8 Å². The van der Waals surface area contributed by atoms with Gasteiger partial charge < -0.3 is 24.6 Å². The van der Waals surface area contributed by atoms with Crippen molar-refractivity contribution in [1.82, 2.24) is 14.9 Å². The van der Waals surface area contributed by atoms with Gasteiger partial charge in [-0.05, 0) is 88.6 Å². The van der Waals surface area contributed by atoms with E-state index in [0.29, 0.717) is 23.9 Å². The molecule has 3 aromatic rings. The fraction of sp³-hybridized carbons (Fsp3) is 0.562. The van der Waals surface area contributed by atoms with Gasteiger partial charge in [-0.25, -0.2) is 9.37 Å². The van der Waals surface area contributed by atoms with E-state index >= 15 is 0 Å². The van der Waals surface area contributed by atoms with Gasteiger partial charge in [-0.2, -0.15) is 0 Å². The molecule has 0 amide bonds. The van der Waals surface area contributed by atoms with Crippen molar-refractivity contribution in [1.29, 1.82) is 0 Å². The number of ether oxygens (including phenoxy) is 2. The molecule has 40 heavy (non-hydrogen) atoms. The standard InChI is InChI=1S/C32H42FN5O2/c1-39-32-29(40-21-9-18-37-16-7-8-17-37)22-27-31(36-32)30(24-10-3-2-4-12-26(24)35-27)34-23-14-19-38(20-15-23)28-13-6-5-11-25(28)33/h5-6,11,13,22-23H,2-4,7-10,12,14-21H2,1H3,(H,34,35). The minimum Gasteiger partial charge on any atom is -0.488 e. The Morgan fingerprint density at radius 3 is 2.58 bits per heavy atom. The van der Waals surface area contributed by atoms with Gasteiger partial charge >= 0.3 is 0 Å². The Bertz CT molecular complexity index is 1300. The molecule has 4 heterocycles. The van der Waals surface area contributed by atoms with Crippen LogP contribution in [0.3, 0.4) is 0 Å². The topological polar surface area (TPSA) is 62.8 Å². The SMILES string of the molecule is COc1nc2c(NC3CCN(c4ccccc4F)CC3)c3c(nc2cc1OCCCN1CCCC1)CCCCC3. The highest BCUT2D eigenvalue weighted by Crippen LogP contribution is 2.38. The number of halogens is 1. The highest BCUT2D eigenvalue weighted by Gasteiger charge is 2.26. The summed E-state index contributed by atoms with van der Waals surface area (Å²) in [6.07, 6.45) is 11.0. The third-order valence-corrected chi connectivity index (χ3v) is 8.72. The number of rotatable bonds is 9. The molecule has 7 nitrogen and oxygen atoms in total. The molecule has 0 spiro atoms. The van der Waals surface area contributed by atoms with Crippen molar-refractivity contribution in [2.45, 2.75) is 70.3 Å². The first kappa shape index (κ1) is 27.1. The summed E-state index contributed by atoms with van der Waals surface area (Å²) in [5.41, 5.74) is 6.01. The van der Waals surface area contributed by atoms with Crippen LogP contribution in [0.15, 0.2) is 30.3 Å². The van der Waals surface area contributed by atoms with Gasteiger partial charge in [-0.15, -0.1) is 0 Å². The van der Waals surface area contributed by atoms with E-state index in [1.165, 1.54) is 43.6 Å². The zero-order chi connectivity index (χ0) is 27.3. The number of aryl methyl sites for hydroxylation is 1. The van der Waals surface area contributed by atoms with Crippen molar-refractivity contribution < 1.29 is 13.9 Å². The van der Waals surface area contributed by atoms with Crippen LogP contribution in [0.5, 0.6) is 11.6 Å². The normalized spacial score (nSPS) is 18.5. The molecule has 0 saturated carbocycles. The van der Waals surface area contributed by atoms with Gasteiger partial charge in [0.15, 0.2) is 5.75 Å². The third kappa shape index (κ3) is 5.97. The number of fused-ring (bicyclic) bond motifs is 2. The van der Waals surface area contributed by atoms with E-state index in [1.807, 2.05) is 18.2 Å². The maximum absolute atomic E-state index is 14.4. The van der Waals surface area contributed by atoms with Gasteiger partial charge in [0, 0.05) is 37.4 Å². The minimum atomic E-state index is -0.148. The number of hydrogen-bond donors (Lipinski definition) is 1. The van der Waals surface area contributed by atoms with E-state index in [-0.39, 0.29) is 11.9 Å². The van der Waals surface area contributed by atoms with Crippen molar-refractivity contribution in [2.24, 2.45) is 0 Å². The molecular weight excluding hydrogens is 505 g/mol. The third-order valence-electron chi connectivity index (χ3n) is 8.72. The zero-order valence-electron chi connectivity index (χ0n) is 23.8. The summed E-state index contributed by atoms with van der Waals surface area (Å²) < 4.78 is 26.3. The Labute approximate surface area is 237 Å². The fourth-order valence-electron chi connectivity index (χ4n) is 6.54. The van der Waals surface area contributed by atoms with E-state index in [4.69, 9.17) is 19.4 Å². The molecule has 1 aromatic carbocycles. The van der Waals surface area contributed by atoms with Crippen molar-refractivity contribution in [3.8, 4) is 11.6 Å². The molecule has 2 aliphatic heterocycles. The molecule has 0 bridgehead atoms. The van der Waals surface area contributed by atoms with Crippen LogP contribution in [0, 0.1) is 5.82 Å². The van der Waals surface area contributed by atoms with Crippen LogP contribution in [0.25, 0.3) is 11.0 Å². The summed E-state index contributed by atoms with van der Waals surface area (Å²) >= 11 is 0. The lowest BCUT2D eigenvalue weighted by atomic mass is 10.00. The first-order valence-electron chi connectivity index (χ1n) is 15.2. The molecule has 0 radical (unpaired) electrons. The Morgan fingerprint density at radius 2 is 1.77 bits per heavy atom. The predicted octanol–water partition coefficient (Wildman–Crippen LogP) is 5.99. The lowest BCUT2D eigenvalue weighted by molar-refractivity contribution is 0.252. The van der Waals surface area contributed by atoms with Gasteiger partial charge in [-0.1, -0.05) is 18.6 Å². The smallest absolute Gasteiger partial charge is 0.257 e. The van der Waals surface area contributed by atoms with Crippen LogP contribution >= 0.6 is 0 Å². The molecule has 6 rings (SSSR count). The fourth-order valence-corrected chi connectivity index (χ4v) is 6.54. The second-order valence-electron chi connectivity index (χ2n) is 11.4. The number of benzene rings is 1. The van der Waals surface area contributed by atoms with Gasteiger partial charge in [0.1, 0.15) is 11.3 Å². The quantitative estimate of drug-likeness (QED) is 0.261. The summed E-state index contributed by atoms with van der Waals surface area (Å²) in [5, 5.41) is 3.90. The maximum Gasteiger partial charge on any atom is 0.257 e. The number of aromatic nitrogens is 2. The average molecular weight is 548 g/mol. The van der Waals surface area contributed by atoms with Crippen molar-refractivity contribution in [3.63, 3.8) is 0 Å². The van der Waals surface area contributed by atoms with Gasteiger partial charge in [0.2, 0.25) is 0 Å². The molecule has 3 aliphatic rings. The Hall–Kier alpha value is -3.13. The van der Waals surface area contributed by atoms with Crippen molar-refractivity contribution in [2.75, 3.05) is 56.7 Å². The number of likely N-dealkylation sites (tertiary alicyclic amines) is 1. The lowest BCUT2D eigenvalue weighted by Gasteiger charge is -2.35. The maximum atomic E-state index is 14.4. The number of nitrogens with zero attached hydrogens (tertiary/aromatic N) is 4. The molecule has 2 saturated heterocycles. The van der Waals surface area contributed by atoms with Crippen LogP contribution in [0.1, 0.15) is 62.6 Å². The summed E-state index contributed by atoms with van der Waals surface area (Å²) in [5.74, 6) is 1.04. The van der Waals surface area contributed by atoms with E-state index in [2.05, 4.69) is 15.1 Å². The van der Waals surface area contributed by atoms with E-state index < -0.39 is 0 Å². The molecule has 1 aliphatic carbocycles. The number of nitrogens with one attached hydrogen (secondary N) is 1. The molecule has 1 N–H and O–H groups in total. The van der Waals surface area contributed by atoms with Gasteiger partial charge in [0.05, 0.1) is 30.6 Å². The van der Waals surface area contributed by atoms with E-state index in [1.54, 1.807) is 19.2 Å². The van der Waals surface area contributed by atoms with Gasteiger partial charge in [0.25, 0.3) is 5.88 Å². The molecule has 0 atom stereocenters. The first-order valence-corrected chi connectivity index (χ1v) is 15.2. The summed E-state index contributed by atoms with van der Waals surface area (Å²) in [7, 11) is 1.66. The minimum absolute atomic E-state index is 0.148. The largest absolute Gasteiger partial charge is 0.488 e. The highest BCUT2D eigenvalue weighted by molar-refractivity contribution is 5.91. The number of hydrogen-bond acceptors (Lipinski definition) is 7. The predicted molar refractivity (Wildman–Crippen MR) is 158 cm³/mol. The Kier molecular flexibility index (Phi) is 8.51. The molecule has 2 aromatic heterocycles. The van der Waals surface area contributed by atoms with Gasteiger partial charge in [-0.3, -0.25) is 4.98 Å². The number of piperidine rings is 1. The molecule has 0 unspecified atom stereocenters. The molecule has 214 valence electrons. The molecular formula is C32H42FN5O2. The number of anilines is 2. The number of methoxy groups -OCH3 is 1. The van der Waals surface area contributed by atoms with Crippen LogP contribution in [-0.4, -0.2) is 67.4 Å². The van der Waals surface area contributed by atoms with Crippen LogP contribution in [0.2, 0.25) is 0 Å². The highest BCUT2D eigenvalue weighted by atomic mass is 19.1. The monoisotopic (exact) mass is 547 g/mol. The lowest BCUT2D eigenvalue weighted by Crippen LogP contribution is -2.39. The number of para-hydroxylation sites is 1. The zero-order valence-corrected chi connectivity index (χ0v) is 23.8. The number of pyridine rings is 2. The van der Waals surface area contributed by atoms with Crippen molar-refractivity contribution >= 4 is 22.4 Å². The van der Waals surface area contributed by atoms with Crippen LogP contribution in [-0.2, 0) is 12.8 Å². The first-order chi connectivity index (χ1) is 19.7. The second-order valence-corrected chi connectivity index (χ2v) is 11.4. The second kappa shape index (κ2) is 12.6.